The van der Waals surface area contributed by atoms with Crippen LogP contribution in [0.15, 0.2) is 0 Å². The molecule has 1 saturated heterocycles. The molecule has 0 unspecified atom stereocenters. The molecule has 0 spiro atoms. The highest BCUT2D eigenvalue weighted by atomic mass is 32.2. The first kappa shape index (κ1) is 88.3. The Kier molecular flexibility index (Phi) is 66.9. The predicted octanol–water partition coefficient (Wildman–Crippen LogP) is 25.0. The van der Waals surface area contributed by atoms with Gasteiger partial charge in [-0.25, -0.2) is 0 Å². The quantitative estimate of drug-likeness (QED) is 0.0329. The van der Waals surface area contributed by atoms with Crippen molar-refractivity contribution in [2.45, 2.75) is 451 Å². The molecule has 0 amide bonds. The molecule has 9 nitrogen and oxygen atoms in total. The lowest BCUT2D eigenvalue weighted by Gasteiger charge is -2.27. The summed E-state index contributed by atoms with van der Waals surface area (Å²) in [7, 11) is 0. The zero-order chi connectivity index (χ0) is 64.0. The molecule has 11 heteroatoms. The highest BCUT2D eigenvalue weighted by Gasteiger charge is 2.37. The maximum atomic E-state index is 13.1. The van der Waals surface area contributed by atoms with Gasteiger partial charge < -0.3 is 18.9 Å². The summed E-state index contributed by atoms with van der Waals surface area (Å²) in [6.07, 6.45) is 59.6. The van der Waals surface area contributed by atoms with Crippen molar-refractivity contribution in [3.8, 4) is 0 Å². The Morgan fingerprint density at radius 1 is 0.273 bits per heavy atom. The van der Waals surface area contributed by atoms with E-state index in [2.05, 4.69) is 55.4 Å². The van der Waals surface area contributed by atoms with Crippen molar-refractivity contribution < 1.29 is 42.9 Å². The van der Waals surface area contributed by atoms with Crippen LogP contribution in [0.2, 0.25) is 0 Å². The molecular weight excluding hydrogens is 1130 g/mol. The first-order valence-corrected chi connectivity index (χ1v) is 40.0. The van der Waals surface area contributed by atoms with E-state index in [0.717, 1.165) is 127 Å². The molecule has 1 aliphatic heterocycles. The van der Waals surface area contributed by atoms with E-state index in [4.69, 9.17) is 18.9 Å². The Morgan fingerprint density at radius 2 is 0.455 bits per heavy atom. The molecule has 1 rings (SSSR count). The van der Waals surface area contributed by atoms with Crippen LogP contribution in [0.3, 0.4) is 0 Å². The lowest BCUT2D eigenvalue weighted by molar-refractivity contribution is -0.152. The van der Waals surface area contributed by atoms with Gasteiger partial charge in [0.2, 0.25) is 0 Å². The van der Waals surface area contributed by atoms with E-state index in [-0.39, 0.29) is 91.3 Å². The molecule has 0 radical (unpaired) electrons. The molecule has 88 heavy (non-hydrogen) atoms. The summed E-state index contributed by atoms with van der Waals surface area (Å²) in [6, 6.07) is 0. The van der Waals surface area contributed by atoms with Crippen molar-refractivity contribution in [1.82, 2.24) is 0 Å². The number of rotatable bonds is 64. The van der Waals surface area contributed by atoms with Gasteiger partial charge in [0.15, 0.2) is 0 Å². The third-order valence-corrected chi connectivity index (χ3v) is 21.3. The van der Waals surface area contributed by atoms with Crippen LogP contribution in [-0.2, 0) is 42.9 Å². The molecule has 0 N–H and O–H groups in total. The standard InChI is InChI=1S/C39H74O4S2.C37H70O5.CH4/c1-5-9-13-17-21-25-35(26-22-18-14-10-6-2)42-37(40)29-31-39(44-33-34-45-39)32-30-38(41)43-36(27-23-19-15-11-7-3)28-24-20-16-12-8-4;1-5-9-13-17-21-25-34(26-22-18-14-10-6-2)41-36(39)31-29-33(38)30-32-37(40)42-35(27-23-19-15-11-7-3)28-24-20-16-12-8-4;/h35-36H,5-34H2,1-4H3;34-35H,5-32H2,1-4H3;1H4. The first-order chi connectivity index (χ1) is 42.4. The van der Waals surface area contributed by atoms with Gasteiger partial charge in [0.05, 0.1) is 16.9 Å². The average Bonchev–Trinajstić information content (AvgIpc) is 2.80. The molecule has 522 valence electrons. The molecule has 0 aromatic heterocycles. The van der Waals surface area contributed by atoms with Crippen molar-refractivity contribution in [2.75, 3.05) is 11.5 Å². The second kappa shape index (κ2) is 66.7. The van der Waals surface area contributed by atoms with Crippen LogP contribution in [0.25, 0.3) is 0 Å². The number of hydrogen-bond donors (Lipinski definition) is 0. The Balaban J connectivity index is 0. The number of thioether (sulfide) groups is 2. The number of carbonyl (C=O) groups is 5. The number of carbonyl (C=O) groups excluding carboxylic acids is 5. The van der Waals surface area contributed by atoms with Crippen LogP contribution < -0.4 is 0 Å². The first-order valence-electron chi connectivity index (χ1n) is 38.0. The van der Waals surface area contributed by atoms with E-state index in [0.29, 0.717) is 12.8 Å². The monoisotopic (exact) mass is 1280 g/mol. The predicted molar refractivity (Wildman–Crippen MR) is 383 cm³/mol. The molecular formula is C77H148O9S2. The molecule has 1 fully saturated rings. The van der Waals surface area contributed by atoms with Crippen LogP contribution in [-0.4, -0.2) is 69.7 Å². The summed E-state index contributed by atoms with van der Waals surface area (Å²) in [5.74, 6) is 1.49. The van der Waals surface area contributed by atoms with E-state index in [1.54, 1.807) is 0 Å². The third kappa shape index (κ3) is 57.0. The number of esters is 4. The van der Waals surface area contributed by atoms with Crippen molar-refractivity contribution in [1.29, 1.82) is 0 Å². The molecule has 0 saturated carbocycles. The van der Waals surface area contributed by atoms with Crippen LogP contribution in [0.1, 0.15) is 422 Å². The number of unbranched alkanes of at least 4 members (excludes halogenated alkanes) is 32. The van der Waals surface area contributed by atoms with Gasteiger partial charge in [0.25, 0.3) is 0 Å². The van der Waals surface area contributed by atoms with Gasteiger partial charge in [-0.05, 0) is 116 Å². The zero-order valence-electron chi connectivity index (χ0n) is 58.8. The smallest absolute Gasteiger partial charge is 0.306 e. The minimum Gasteiger partial charge on any atom is -0.462 e. The average molecular weight is 1280 g/mol. The lowest BCUT2D eigenvalue weighted by Crippen LogP contribution is -2.25. The topological polar surface area (TPSA) is 122 Å². The zero-order valence-corrected chi connectivity index (χ0v) is 60.4. The fraction of sp³-hybridized carbons (Fsp3) is 0.935. The molecule has 1 aliphatic rings. The summed E-state index contributed by atoms with van der Waals surface area (Å²) in [5, 5.41) is 0. The Bertz CT molecular complexity index is 1390. The number of Topliss-reactive ketones (excluding diaryl/α,β-unsaturated/α-hetero) is 1. The third-order valence-electron chi connectivity index (χ3n) is 17.7. The van der Waals surface area contributed by atoms with Crippen molar-refractivity contribution in [3.63, 3.8) is 0 Å². The van der Waals surface area contributed by atoms with Gasteiger partial charge >= 0.3 is 23.9 Å². The second-order valence-electron chi connectivity index (χ2n) is 26.2. The molecule has 0 aliphatic carbocycles. The minimum atomic E-state index is -0.274. The van der Waals surface area contributed by atoms with Gasteiger partial charge in [-0.1, -0.05) is 268 Å². The van der Waals surface area contributed by atoms with E-state index in [9.17, 15) is 24.0 Å². The fourth-order valence-electron chi connectivity index (χ4n) is 11.9. The van der Waals surface area contributed by atoms with Crippen molar-refractivity contribution in [3.05, 3.63) is 0 Å². The van der Waals surface area contributed by atoms with E-state index < -0.39 is 0 Å². The maximum Gasteiger partial charge on any atom is 0.306 e. The highest BCUT2D eigenvalue weighted by Crippen LogP contribution is 2.50. The van der Waals surface area contributed by atoms with Crippen LogP contribution >= 0.6 is 23.5 Å². The molecule has 0 bridgehead atoms. The number of ether oxygens (including phenoxy) is 4. The highest BCUT2D eigenvalue weighted by molar-refractivity contribution is 8.21. The van der Waals surface area contributed by atoms with Gasteiger partial charge in [-0.3, -0.25) is 24.0 Å². The van der Waals surface area contributed by atoms with Gasteiger partial charge in [-0.15, -0.1) is 23.5 Å². The van der Waals surface area contributed by atoms with Gasteiger partial charge in [-0.2, -0.15) is 0 Å². The van der Waals surface area contributed by atoms with E-state index >= 15 is 0 Å². The normalized spacial score (nSPS) is 12.8. The Morgan fingerprint density at radius 3 is 0.648 bits per heavy atom. The summed E-state index contributed by atoms with van der Waals surface area (Å²) in [6.45, 7) is 17.9. The fourth-order valence-corrected chi connectivity index (χ4v) is 15.2. The Labute approximate surface area is 555 Å². The Hall–Kier alpha value is -1.75. The minimum absolute atomic E-state index is 0. The summed E-state index contributed by atoms with van der Waals surface area (Å²) in [4.78, 5) is 63.9. The molecule has 0 aromatic rings. The molecule has 0 atom stereocenters. The van der Waals surface area contributed by atoms with Crippen molar-refractivity contribution in [2.24, 2.45) is 0 Å². The van der Waals surface area contributed by atoms with E-state index in [1.807, 2.05) is 23.5 Å². The van der Waals surface area contributed by atoms with Gasteiger partial charge in [0.1, 0.15) is 30.2 Å². The summed E-state index contributed by atoms with van der Waals surface area (Å²) < 4.78 is 23.8. The SMILES string of the molecule is C.CCCCCCCC(CCCCCCC)OC(=O)CCC(=O)CCC(=O)OC(CCCCCCC)CCCCCCC.CCCCCCCC(CCCCCCC)OC(=O)CCC1(CCC(=O)OC(CCCCCCC)CCCCCCC)SCCS1. The second-order valence-corrected chi connectivity index (χ2v) is 29.4. The van der Waals surface area contributed by atoms with Crippen molar-refractivity contribution >= 4 is 53.2 Å². The largest absolute Gasteiger partial charge is 0.462 e. The van der Waals surface area contributed by atoms with Gasteiger partial charge in [0, 0.05) is 37.2 Å². The lowest BCUT2D eigenvalue weighted by atomic mass is 10.0. The number of ketones is 1. The summed E-state index contributed by atoms with van der Waals surface area (Å²) in [5.41, 5.74) is 0. The number of hydrogen-bond acceptors (Lipinski definition) is 11. The summed E-state index contributed by atoms with van der Waals surface area (Å²) >= 11 is 3.89. The van der Waals surface area contributed by atoms with Crippen LogP contribution in [0.5, 0.6) is 0 Å². The van der Waals surface area contributed by atoms with Crippen LogP contribution in [0, 0.1) is 0 Å². The molecule has 0 aromatic carbocycles. The maximum absolute atomic E-state index is 13.1. The molecule has 1 heterocycles. The van der Waals surface area contributed by atoms with E-state index in [1.165, 1.54) is 205 Å². The van der Waals surface area contributed by atoms with Crippen LogP contribution in [0.4, 0.5) is 0 Å².